The summed E-state index contributed by atoms with van der Waals surface area (Å²) in [7, 11) is 1.96. The van der Waals surface area contributed by atoms with E-state index in [9.17, 15) is 9.18 Å². The smallest absolute Gasteiger partial charge is 0.258 e. The van der Waals surface area contributed by atoms with E-state index in [1.165, 1.54) is 12.1 Å². The van der Waals surface area contributed by atoms with E-state index in [1.807, 2.05) is 42.3 Å². The maximum Gasteiger partial charge on any atom is 0.258 e. The summed E-state index contributed by atoms with van der Waals surface area (Å²) in [5.41, 5.74) is 1.08. The third-order valence-electron chi connectivity index (χ3n) is 3.16. The lowest BCUT2D eigenvalue weighted by Gasteiger charge is -2.19. The van der Waals surface area contributed by atoms with E-state index >= 15 is 0 Å². The Bertz CT molecular complexity index is 605. The molecule has 116 valence electrons. The molecule has 0 saturated carbocycles. The highest BCUT2D eigenvalue weighted by Gasteiger charge is 2.06. The van der Waals surface area contributed by atoms with Gasteiger partial charge < -0.3 is 15.0 Å². The molecule has 0 aromatic heterocycles. The molecule has 2 aromatic carbocycles. The number of carbonyl (C=O) groups is 1. The van der Waals surface area contributed by atoms with E-state index < -0.39 is 5.82 Å². The number of amides is 1. The highest BCUT2D eigenvalue weighted by Crippen LogP contribution is 2.14. The second kappa shape index (κ2) is 8.02. The van der Waals surface area contributed by atoms with E-state index in [1.54, 1.807) is 12.1 Å². The summed E-state index contributed by atoms with van der Waals surface area (Å²) in [6, 6.07) is 15.9. The van der Waals surface area contributed by atoms with E-state index in [-0.39, 0.29) is 18.3 Å². The topological polar surface area (TPSA) is 41.6 Å². The Morgan fingerprint density at radius 2 is 1.82 bits per heavy atom. The first kappa shape index (κ1) is 15.8. The molecule has 0 fully saturated rings. The minimum atomic E-state index is -0.473. The lowest BCUT2D eigenvalue weighted by atomic mass is 10.3. The van der Waals surface area contributed by atoms with Crippen LogP contribution in [-0.4, -0.2) is 32.7 Å². The maximum atomic E-state index is 13.3. The molecule has 0 atom stereocenters. The zero-order chi connectivity index (χ0) is 15.8. The van der Waals surface area contributed by atoms with Crippen LogP contribution in [0.4, 0.5) is 10.1 Å². The van der Waals surface area contributed by atoms with Gasteiger partial charge in [0.1, 0.15) is 0 Å². The molecule has 22 heavy (non-hydrogen) atoms. The fourth-order valence-corrected chi connectivity index (χ4v) is 1.93. The number of hydrogen-bond acceptors (Lipinski definition) is 3. The van der Waals surface area contributed by atoms with E-state index in [2.05, 4.69) is 5.32 Å². The lowest BCUT2D eigenvalue weighted by Crippen LogP contribution is -2.35. The van der Waals surface area contributed by atoms with E-state index in [0.717, 1.165) is 5.69 Å². The number of nitrogens with one attached hydrogen (secondary N) is 1. The van der Waals surface area contributed by atoms with Crippen molar-refractivity contribution >= 4 is 11.6 Å². The first-order valence-electron chi connectivity index (χ1n) is 7.07. The van der Waals surface area contributed by atoms with E-state index in [0.29, 0.717) is 13.1 Å². The molecule has 0 unspecified atom stereocenters. The van der Waals surface area contributed by atoms with Gasteiger partial charge in [0.2, 0.25) is 0 Å². The summed E-state index contributed by atoms with van der Waals surface area (Å²) >= 11 is 0. The molecule has 2 aromatic rings. The summed E-state index contributed by atoms with van der Waals surface area (Å²) in [6.07, 6.45) is 0. The molecule has 0 bridgehead atoms. The average molecular weight is 302 g/mol. The number of ether oxygens (including phenoxy) is 1. The van der Waals surface area contributed by atoms with Crippen LogP contribution in [0, 0.1) is 5.82 Å². The van der Waals surface area contributed by atoms with Crippen LogP contribution >= 0.6 is 0 Å². The van der Waals surface area contributed by atoms with Crippen LogP contribution in [0.15, 0.2) is 54.6 Å². The number of para-hydroxylation sites is 2. The van der Waals surface area contributed by atoms with Crippen molar-refractivity contribution < 1.29 is 13.9 Å². The van der Waals surface area contributed by atoms with Crippen LogP contribution in [0.25, 0.3) is 0 Å². The Morgan fingerprint density at radius 1 is 1.14 bits per heavy atom. The Balaban J connectivity index is 1.69. The Hall–Kier alpha value is -2.56. The summed E-state index contributed by atoms with van der Waals surface area (Å²) in [5.74, 6) is -0.664. The van der Waals surface area contributed by atoms with Crippen molar-refractivity contribution in [3.8, 4) is 5.75 Å². The number of benzene rings is 2. The molecular formula is C17H19FN2O2. The lowest BCUT2D eigenvalue weighted by molar-refractivity contribution is -0.123. The summed E-state index contributed by atoms with van der Waals surface area (Å²) in [4.78, 5) is 13.7. The van der Waals surface area contributed by atoms with Crippen molar-refractivity contribution in [3.63, 3.8) is 0 Å². The molecule has 0 aliphatic heterocycles. The number of hydrogen-bond donors (Lipinski definition) is 1. The minimum absolute atomic E-state index is 0.0825. The largest absolute Gasteiger partial charge is 0.481 e. The van der Waals surface area contributed by atoms with Crippen molar-refractivity contribution in [2.24, 2.45) is 0 Å². The second-order valence-electron chi connectivity index (χ2n) is 4.83. The van der Waals surface area contributed by atoms with Gasteiger partial charge in [-0.25, -0.2) is 4.39 Å². The van der Waals surface area contributed by atoms with Crippen LogP contribution in [0.2, 0.25) is 0 Å². The van der Waals surface area contributed by atoms with E-state index in [4.69, 9.17) is 4.74 Å². The SMILES string of the molecule is CN(CCNC(=O)COc1ccccc1F)c1ccccc1. The van der Waals surface area contributed by atoms with Gasteiger partial charge in [-0.05, 0) is 24.3 Å². The number of nitrogens with zero attached hydrogens (tertiary/aromatic N) is 1. The zero-order valence-corrected chi connectivity index (χ0v) is 12.5. The van der Waals surface area contributed by atoms with Gasteiger partial charge in [0.25, 0.3) is 5.91 Å². The van der Waals surface area contributed by atoms with Gasteiger partial charge in [0, 0.05) is 25.8 Å². The molecule has 0 spiro atoms. The number of carbonyl (C=O) groups excluding carboxylic acids is 1. The molecule has 4 nitrogen and oxygen atoms in total. The van der Waals surface area contributed by atoms with Gasteiger partial charge in [-0.2, -0.15) is 0 Å². The molecule has 1 N–H and O–H groups in total. The van der Waals surface area contributed by atoms with Crippen molar-refractivity contribution in [2.75, 3.05) is 31.6 Å². The van der Waals surface area contributed by atoms with Gasteiger partial charge in [-0.3, -0.25) is 4.79 Å². The molecule has 0 radical (unpaired) electrons. The normalized spacial score (nSPS) is 10.1. The molecule has 2 rings (SSSR count). The Kier molecular flexibility index (Phi) is 5.77. The number of rotatable bonds is 7. The fraction of sp³-hybridized carbons (Fsp3) is 0.235. The average Bonchev–Trinajstić information content (AvgIpc) is 2.55. The van der Waals surface area contributed by atoms with Gasteiger partial charge >= 0.3 is 0 Å². The van der Waals surface area contributed by atoms with Crippen LogP contribution < -0.4 is 15.0 Å². The second-order valence-corrected chi connectivity index (χ2v) is 4.83. The Labute approximate surface area is 129 Å². The molecule has 1 amide bonds. The number of anilines is 1. The van der Waals surface area contributed by atoms with Gasteiger partial charge in [0.15, 0.2) is 18.2 Å². The quantitative estimate of drug-likeness (QED) is 0.854. The first-order valence-corrected chi connectivity index (χ1v) is 7.07. The molecule has 0 aliphatic carbocycles. The number of halogens is 1. The molecule has 0 heterocycles. The van der Waals surface area contributed by atoms with Gasteiger partial charge in [-0.15, -0.1) is 0 Å². The number of likely N-dealkylation sites (N-methyl/N-ethyl adjacent to an activating group) is 1. The van der Waals surface area contributed by atoms with Crippen LogP contribution in [0.3, 0.4) is 0 Å². The predicted molar refractivity (Wildman–Crippen MR) is 84.6 cm³/mol. The highest BCUT2D eigenvalue weighted by atomic mass is 19.1. The monoisotopic (exact) mass is 302 g/mol. The van der Waals surface area contributed by atoms with Crippen molar-refractivity contribution in [1.29, 1.82) is 0 Å². The molecular weight excluding hydrogens is 283 g/mol. The van der Waals surface area contributed by atoms with Gasteiger partial charge in [0.05, 0.1) is 0 Å². The van der Waals surface area contributed by atoms with Gasteiger partial charge in [-0.1, -0.05) is 30.3 Å². The third-order valence-corrected chi connectivity index (χ3v) is 3.16. The van der Waals surface area contributed by atoms with Crippen molar-refractivity contribution in [1.82, 2.24) is 5.32 Å². The zero-order valence-electron chi connectivity index (χ0n) is 12.5. The first-order chi connectivity index (χ1) is 10.7. The minimum Gasteiger partial charge on any atom is -0.481 e. The molecule has 5 heteroatoms. The summed E-state index contributed by atoms with van der Waals surface area (Å²) < 4.78 is 18.5. The molecule has 0 aliphatic rings. The molecule has 0 saturated heterocycles. The fourth-order valence-electron chi connectivity index (χ4n) is 1.93. The summed E-state index contributed by atoms with van der Waals surface area (Å²) in [6.45, 7) is 0.969. The van der Waals surface area contributed by atoms with Crippen LogP contribution in [0.5, 0.6) is 5.75 Å². The van der Waals surface area contributed by atoms with Crippen LogP contribution in [-0.2, 0) is 4.79 Å². The van der Waals surface area contributed by atoms with Crippen molar-refractivity contribution in [3.05, 3.63) is 60.4 Å². The highest BCUT2D eigenvalue weighted by molar-refractivity contribution is 5.77. The Morgan fingerprint density at radius 3 is 2.55 bits per heavy atom. The van der Waals surface area contributed by atoms with Crippen LogP contribution in [0.1, 0.15) is 0 Å². The summed E-state index contributed by atoms with van der Waals surface area (Å²) in [5, 5.41) is 2.74. The predicted octanol–water partition coefficient (Wildman–Crippen LogP) is 2.46. The third kappa shape index (κ3) is 4.77. The maximum absolute atomic E-state index is 13.3. The van der Waals surface area contributed by atoms with Crippen molar-refractivity contribution in [2.45, 2.75) is 0 Å². The standard InChI is InChI=1S/C17H19FN2O2/c1-20(14-7-3-2-4-8-14)12-11-19-17(21)13-22-16-10-6-5-9-15(16)18/h2-10H,11-13H2,1H3,(H,19,21).